The van der Waals surface area contributed by atoms with E-state index in [-0.39, 0.29) is 18.1 Å². The summed E-state index contributed by atoms with van der Waals surface area (Å²) in [5.41, 5.74) is 1.84. The van der Waals surface area contributed by atoms with Crippen LogP contribution in [0.3, 0.4) is 0 Å². The van der Waals surface area contributed by atoms with Crippen molar-refractivity contribution in [1.82, 2.24) is 5.01 Å². The Morgan fingerprint density at radius 1 is 1.15 bits per heavy atom. The molecule has 0 saturated carbocycles. The lowest BCUT2D eigenvalue weighted by Crippen LogP contribution is -2.41. The van der Waals surface area contributed by atoms with Crippen LogP contribution in [0.5, 0.6) is 11.5 Å². The molecule has 0 aliphatic carbocycles. The van der Waals surface area contributed by atoms with Crippen molar-refractivity contribution in [3.8, 4) is 11.5 Å². The first kappa shape index (κ1) is 18.9. The zero-order valence-corrected chi connectivity index (χ0v) is 16.0. The van der Waals surface area contributed by atoms with Gasteiger partial charge >= 0.3 is 0 Å². The first-order valence-corrected chi connectivity index (χ1v) is 8.71. The lowest BCUT2D eigenvalue weighted by atomic mass is 9.94. The summed E-state index contributed by atoms with van der Waals surface area (Å²) >= 11 is 0. The molecule has 27 heavy (non-hydrogen) atoms. The van der Waals surface area contributed by atoms with Crippen molar-refractivity contribution in [2.24, 2.45) is 5.10 Å². The molecule has 2 aromatic carbocycles. The first-order valence-electron chi connectivity index (χ1n) is 8.71. The van der Waals surface area contributed by atoms with Crippen molar-refractivity contribution in [1.29, 1.82) is 0 Å². The molecule has 0 bridgehead atoms. The number of amides is 1. The van der Waals surface area contributed by atoms with Crippen molar-refractivity contribution in [2.75, 3.05) is 14.2 Å². The van der Waals surface area contributed by atoms with Crippen LogP contribution in [0.25, 0.3) is 0 Å². The number of nitrogens with zero attached hydrogens (tertiary/aromatic N) is 2. The van der Waals surface area contributed by atoms with Gasteiger partial charge in [0.05, 0.1) is 31.9 Å². The highest BCUT2D eigenvalue weighted by Crippen LogP contribution is 2.33. The van der Waals surface area contributed by atoms with Crippen molar-refractivity contribution < 1.29 is 18.7 Å². The van der Waals surface area contributed by atoms with Crippen LogP contribution in [-0.4, -0.2) is 36.4 Å². The number of halogens is 1. The molecule has 0 spiro atoms. The van der Waals surface area contributed by atoms with Crippen LogP contribution in [0.1, 0.15) is 31.4 Å². The van der Waals surface area contributed by atoms with Gasteiger partial charge in [0.15, 0.2) is 11.5 Å². The Morgan fingerprint density at radius 2 is 1.89 bits per heavy atom. The summed E-state index contributed by atoms with van der Waals surface area (Å²) in [6.45, 7) is 3.93. The van der Waals surface area contributed by atoms with Crippen LogP contribution in [0, 0.1) is 5.82 Å². The van der Waals surface area contributed by atoms with Crippen LogP contribution in [-0.2, 0) is 11.2 Å². The molecule has 3 rings (SSSR count). The van der Waals surface area contributed by atoms with Gasteiger partial charge in [-0.15, -0.1) is 0 Å². The fraction of sp³-hybridized carbons (Fsp3) is 0.333. The third-order valence-electron chi connectivity index (χ3n) is 4.59. The first-order chi connectivity index (χ1) is 12.8. The zero-order valence-electron chi connectivity index (χ0n) is 16.0. The van der Waals surface area contributed by atoms with E-state index in [1.54, 1.807) is 26.4 Å². The number of ether oxygens (including phenoxy) is 2. The fourth-order valence-corrected chi connectivity index (χ4v) is 3.24. The molecular formula is C21H23FN2O3. The standard InChI is InChI=1S/C21H23FN2O3/c1-21(2)13-17(15-8-9-18(26-3)19(12-15)27-4)23-24(21)20(25)11-14-6-5-7-16(22)10-14/h5-10,12H,11,13H2,1-4H3. The second kappa shape index (κ2) is 7.39. The smallest absolute Gasteiger partial charge is 0.247 e. The number of hydrazone groups is 1. The second-order valence-electron chi connectivity index (χ2n) is 7.12. The van der Waals surface area contributed by atoms with Crippen LogP contribution in [0.4, 0.5) is 4.39 Å². The Kier molecular flexibility index (Phi) is 5.17. The molecule has 2 aromatic rings. The third kappa shape index (κ3) is 3.94. The minimum absolute atomic E-state index is 0.101. The molecular weight excluding hydrogens is 347 g/mol. The predicted molar refractivity (Wildman–Crippen MR) is 102 cm³/mol. The van der Waals surface area contributed by atoms with Gasteiger partial charge in [0.1, 0.15) is 5.82 Å². The van der Waals surface area contributed by atoms with Gasteiger partial charge in [0.25, 0.3) is 0 Å². The van der Waals surface area contributed by atoms with Crippen LogP contribution in [0.2, 0.25) is 0 Å². The number of carbonyl (C=O) groups is 1. The number of methoxy groups -OCH3 is 2. The lowest BCUT2D eigenvalue weighted by Gasteiger charge is -2.28. The molecule has 0 radical (unpaired) electrons. The highest BCUT2D eigenvalue weighted by molar-refractivity contribution is 6.04. The van der Waals surface area contributed by atoms with Gasteiger partial charge in [-0.05, 0) is 49.7 Å². The van der Waals surface area contributed by atoms with E-state index in [9.17, 15) is 9.18 Å². The summed E-state index contributed by atoms with van der Waals surface area (Å²) in [5, 5.41) is 6.07. The quantitative estimate of drug-likeness (QED) is 0.804. The topological polar surface area (TPSA) is 51.1 Å². The molecule has 142 valence electrons. The van der Waals surface area contributed by atoms with Gasteiger partial charge in [-0.3, -0.25) is 4.79 Å². The zero-order chi connectivity index (χ0) is 19.6. The molecule has 6 heteroatoms. The average Bonchev–Trinajstić information content (AvgIpc) is 2.96. The Bertz CT molecular complexity index is 893. The number of carbonyl (C=O) groups excluding carboxylic acids is 1. The molecule has 0 atom stereocenters. The van der Waals surface area contributed by atoms with E-state index in [0.717, 1.165) is 11.3 Å². The molecule has 5 nitrogen and oxygen atoms in total. The molecule has 1 heterocycles. The van der Waals surface area contributed by atoms with Crippen LogP contribution >= 0.6 is 0 Å². The van der Waals surface area contributed by atoms with E-state index < -0.39 is 5.54 Å². The van der Waals surface area contributed by atoms with E-state index in [4.69, 9.17) is 9.47 Å². The molecule has 0 fully saturated rings. The van der Waals surface area contributed by atoms with E-state index in [1.165, 1.54) is 17.1 Å². The van der Waals surface area contributed by atoms with E-state index in [0.29, 0.717) is 23.5 Å². The van der Waals surface area contributed by atoms with E-state index >= 15 is 0 Å². The normalized spacial score (nSPS) is 15.4. The molecule has 0 N–H and O–H groups in total. The third-order valence-corrected chi connectivity index (χ3v) is 4.59. The number of hydrogen-bond acceptors (Lipinski definition) is 4. The SMILES string of the molecule is COc1ccc(C2=NN(C(=O)Cc3cccc(F)c3)C(C)(C)C2)cc1OC. The maximum atomic E-state index is 13.4. The number of hydrogen-bond donors (Lipinski definition) is 0. The Labute approximate surface area is 158 Å². The minimum atomic E-state index is -0.465. The summed E-state index contributed by atoms with van der Waals surface area (Å²) in [6.07, 6.45) is 0.710. The largest absolute Gasteiger partial charge is 0.493 e. The summed E-state index contributed by atoms with van der Waals surface area (Å²) < 4.78 is 24.0. The van der Waals surface area contributed by atoms with Gasteiger partial charge in [-0.25, -0.2) is 9.40 Å². The molecule has 1 aliphatic rings. The summed E-state index contributed by atoms with van der Waals surface area (Å²) in [6, 6.07) is 11.7. The van der Waals surface area contributed by atoms with E-state index in [1.807, 2.05) is 32.0 Å². The second-order valence-corrected chi connectivity index (χ2v) is 7.12. The highest BCUT2D eigenvalue weighted by Gasteiger charge is 2.38. The van der Waals surface area contributed by atoms with Crippen molar-refractivity contribution in [2.45, 2.75) is 32.2 Å². The van der Waals surface area contributed by atoms with Gasteiger partial charge in [0.2, 0.25) is 5.91 Å². The van der Waals surface area contributed by atoms with Crippen LogP contribution < -0.4 is 9.47 Å². The summed E-state index contributed by atoms with van der Waals surface area (Å²) in [5.74, 6) is 0.731. The van der Waals surface area contributed by atoms with Crippen molar-refractivity contribution >= 4 is 11.6 Å². The maximum Gasteiger partial charge on any atom is 0.247 e. The lowest BCUT2D eigenvalue weighted by molar-refractivity contribution is -0.134. The van der Waals surface area contributed by atoms with E-state index in [2.05, 4.69) is 5.10 Å². The number of benzene rings is 2. The molecule has 0 aromatic heterocycles. The van der Waals surface area contributed by atoms with Gasteiger partial charge in [-0.2, -0.15) is 5.10 Å². The Morgan fingerprint density at radius 3 is 2.56 bits per heavy atom. The van der Waals surface area contributed by atoms with Crippen molar-refractivity contribution in [3.05, 3.63) is 59.4 Å². The molecule has 1 aliphatic heterocycles. The van der Waals surface area contributed by atoms with Gasteiger partial charge in [-0.1, -0.05) is 12.1 Å². The number of rotatable bonds is 5. The molecule has 0 saturated heterocycles. The molecule has 0 unspecified atom stereocenters. The van der Waals surface area contributed by atoms with Gasteiger partial charge < -0.3 is 9.47 Å². The monoisotopic (exact) mass is 370 g/mol. The maximum absolute atomic E-state index is 13.4. The molecule has 1 amide bonds. The highest BCUT2D eigenvalue weighted by atomic mass is 19.1. The van der Waals surface area contributed by atoms with Crippen LogP contribution in [0.15, 0.2) is 47.6 Å². The fourth-order valence-electron chi connectivity index (χ4n) is 3.24. The van der Waals surface area contributed by atoms with Crippen molar-refractivity contribution in [3.63, 3.8) is 0 Å². The predicted octanol–water partition coefficient (Wildman–Crippen LogP) is 3.80. The minimum Gasteiger partial charge on any atom is -0.493 e. The Hall–Kier alpha value is -2.89. The summed E-state index contributed by atoms with van der Waals surface area (Å²) in [7, 11) is 3.16. The summed E-state index contributed by atoms with van der Waals surface area (Å²) in [4.78, 5) is 12.8. The van der Waals surface area contributed by atoms with Gasteiger partial charge in [0, 0.05) is 12.0 Å². The Balaban J connectivity index is 1.86. The average molecular weight is 370 g/mol.